The fraction of sp³-hybridized carbons (Fsp3) is 0.733. The number of carbonyl (C=O) groups is 1. The van der Waals surface area contributed by atoms with Crippen LogP contribution in [-0.2, 0) is 0 Å². The number of nitrogens with zero attached hydrogens (tertiary/aromatic N) is 2. The Morgan fingerprint density at radius 2 is 1.83 bits per heavy atom. The second-order valence-corrected chi connectivity index (χ2v) is 5.82. The summed E-state index contributed by atoms with van der Waals surface area (Å²) in [5, 5.41) is 4.47. The average Bonchev–Trinajstić information content (AvgIpc) is 2.65. The van der Waals surface area contributed by atoms with Crippen molar-refractivity contribution in [3.63, 3.8) is 0 Å². The summed E-state index contributed by atoms with van der Waals surface area (Å²) in [7, 11) is 0. The van der Waals surface area contributed by atoms with Gasteiger partial charge < -0.3 is 0 Å². The van der Waals surface area contributed by atoms with E-state index in [1.807, 2.05) is 13.8 Å². The van der Waals surface area contributed by atoms with Gasteiger partial charge in [0.1, 0.15) is 0 Å². The van der Waals surface area contributed by atoms with Crippen LogP contribution < -0.4 is 0 Å². The normalized spacial score (nSPS) is 17.4. The first-order valence-corrected chi connectivity index (χ1v) is 7.12. The largest absolute Gasteiger partial charge is 0.272 e. The van der Waals surface area contributed by atoms with Gasteiger partial charge in [0.15, 0.2) is 0 Å². The van der Waals surface area contributed by atoms with E-state index >= 15 is 0 Å². The van der Waals surface area contributed by atoms with Crippen molar-refractivity contribution in [2.75, 3.05) is 0 Å². The van der Waals surface area contributed by atoms with Gasteiger partial charge in [-0.3, -0.25) is 4.79 Å². The molecule has 3 heteroatoms. The molecular formula is C15H24N2O. The molecule has 1 aliphatic rings. The van der Waals surface area contributed by atoms with E-state index in [2.05, 4.69) is 18.9 Å². The molecule has 3 nitrogen and oxygen atoms in total. The topological polar surface area (TPSA) is 34.9 Å². The maximum absolute atomic E-state index is 12.5. The molecule has 0 saturated heterocycles. The number of hydrogen-bond acceptors (Lipinski definition) is 2. The van der Waals surface area contributed by atoms with Crippen molar-refractivity contribution >= 4 is 5.91 Å². The Hall–Kier alpha value is -1.12. The van der Waals surface area contributed by atoms with Crippen molar-refractivity contribution < 1.29 is 4.79 Å². The van der Waals surface area contributed by atoms with Gasteiger partial charge in [-0.15, -0.1) is 0 Å². The Balaban J connectivity index is 2.28. The van der Waals surface area contributed by atoms with Crippen LogP contribution in [-0.4, -0.2) is 15.7 Å². The maximum Gasteiger partial charge on any atom is 0.250 e. The molecule has 0 aliphatic heterocycles. The molecule has 0 amide bonds. The minimum Gasteiger partial charge on any atom is -0.272 e. The van der Waals surface area contributed by atoms with Gasteiger partial charge in [0.2, 0.25) is 5.91 Å². The first kappa shape index (κ1) is 13.3. The van der Waals surface area contributed by atoms with E-state index < -0.39 is 0 Å². The van der Waals surface area contributed by atoms with Crippen molar-refractivity contribution in [1.82, 2.24) is 9.78 Å². The third kappa shape index (κ3) is 2.36. The number of hydrogen-bond donors (Lipinski definition) is 0. The molecule has 1 fully saturated rings. The Labute approximate surface area is 110 Å². The predicted molar refractivity (Wildman–Crippen MR) is 73.0 cm³/mol. The van der Waals surface area contributed by atoms with Gasteiger partial charge in [-0.2, -0.15) is 5.10 Å². The molecule has 1 aliphatic carbocycles. The van der Waals surface area contributed by atoms with Crippen molar-refractivity contribution in [3.8, 4) is 0 Å². The number of rotatable bonds is 2. The minimum atomic E-state index is 0.191. The zero-order valence-corrected chi connectivity index (χ0v) is 12.0. The third-order valence-corrected chi connectivity index (χ3v) is 4.09. The van der Waals surface area contributed by atoms with E-state index in [1.165, 1.54) is 24.8 Å². The lowest BCUT2D eigenvalue weighted by Crippen LogP contribution is -2.25. The second-order valence-electron chi connectivity index (χ2n) is 5.82. The van der Waals surface area contributed by atoms with Crippen LogP contribution in [0.2, 0.25) is 0 Å². The van der Waals surface area contributed by atoms with Gasteiger partial charge in [-0.25, -0.2) is 4.68 Å². The smallest absolute Gasteiger partial charge is 0.250 e. The van der Waals surface area contributed by atoms with Crippen LogP contribution in [0.25, 0.3) is 0 Å². The monoisotopic (exact) mass is 248 g/mol. The molecule has 0 unspecified atom stereocenters. The summed E-state index contributed by atoms with van der Waals surface area (Å²) in [6.45, 7) is 8.35. The number of carbonyl (C=O) groups excluding carboxylic acids is 1. The van der Waals surface area contributed by atoms with E-state index in [1.54, 1.807) is 4.68 Å². The first-order chi connectivity index (χ1) is 8.52. The van der Waals surface area contributed by atoms with Crippen molar-refractivity contribution in [3.05, 3.63) is 17.0 Å². The van der Waals surface area contributed by atoms with Gasteiger partial charge in [0.05, 0.1) is 5.69 Å². The van der Waals surface area contributed by atoms with Crippen LogP contribution in [0.5, 0.6) is 0 Å². The minimum absolute atomic E-state index is 0.191. The lowest BCUT2D eigenvalue weighted by Gasteiger charge is -2.20. The Kier molecular flexibility index (Phi) is 3.88. The number of aryl methyl sites for hydroxylation is 1. The first-order valence-electron chi connectivity index (χ1n) is 7.12. The molecule has 0 bridgehead atoms. The zero-order chi connectivity index (χ0) is 13.3. The highest BCUT2D eigenvalue weighted by atomic mass is 16.2. The lowest BCUT2D eigenvalue weighted by atomic mass is 9.88. The highest BCUT2D eigenvalue weighted by molar-refractivity contribution is 5.81. The molecule has 100 valence electrons. The quantitative estimate of drug-likeness (QED) is 0.797. The van der Waals surface area contributed by atoms with E-state index in [0.717, 1.165) is 24.2 Å². The van der Waals surface area contributed by atoms with Crippen molar-refractivity contribution in [1.29, 1.82) is 0 Å². The molecule has 2 rings (SSSR count). The highest BCUT2D eigenvalue weighted by Gasteiger charge is 2.26. The standard InChI is InChI=1S/C15H24N2O/c1-10(2)14-11(3)16-17(12(14)4)15(18)13-8-6-5-7-9-13/h10,13H,5-9H2,1-4H3. The molecule has 0 spiro atoms. The highest BCUT2D eigenvalue weighted by Crippen LogP contribution is 2.28. The van der Waals surface area contributed by atoms with Crippen molar-refractivity contribution in [2.24, 2.45) is 5.92 Å². The van der Waals surface area contributed by atoms with E-state index in [9.17, 15) is 4.79 Å². The van der Waals surface area contributed by atoms with E-state index in [0.29, 0.717) is 5.92 Å². The molecule has 0 N–H and O–H groups in total. The Morgan fingerprint density at radius 1 is 1.22 bits per heavy atom. The molecule has 18 heavy (non-hydrogen) atoms. The van der Waals surface area contributed by atoms with Gasteiger partial charge >= 0.3 is 0 Å². The summed E-state index contributed by atoms with van der Waals surface area (Å²) in [5.41, 5.74) is 3.28. The summed E-state index contributed by atoms with van der Waals surface area (Å²) in [6.07, 6.45) is 5.72. The SMILES string of the molecule is Cc1nn(C(=O)C2CCCCC2)c(C)c1C(C)C. The van der Waals surface area contributed by atoms with Crippen LogP contribution in [0.4, 0.5) is 0 Å². The Morgan fingerprint density at radius 3 is 2.33 bits per heavy atom. The molecular weight excluding hydrogens is 224 g/mol. The maximum atomic E-state index is 12.5. The van der Waals surface area contributed by atoms with E-state index in [4.69, 9.17) is 0 Å². The van der Waals surface area contributed by atoms with Gasteiger partial charge in [-0.05, 0) is 38.2 Å². The molecule has 0 aromatic carbocycles. The van der Waals surface area contributed by atoms with Crippen LogP contribution in [0.3, 0.4) is 0 Å². The van der Waals surface area contributed by atoms with Crippen LogP contribution in [0.1, 0.15) is 73.6 Å². The molecule has 1 heterocycles. The third-order valence-electron chi connectivity index (χ3n) is 4.09. The van der Waals surface area contributed by atoms with Crippen LogP contribution in [0.15, 0.2) is 0 Å². The average molecular weight is 248 g/mol. The summed E-state index contributed by atoms with van der Waals surface area (Å²) >= 11 is 0. The second kappa shape index (κ2) is 5.25. The zero-order valence-electron chi connectivity index (χ0n) is 12.0. The fourth-order valence-electron chi connectivity index (χ4n) is 3.23. The molecule has 0 radical (unpaired) electrons. The molecule has 0 atom stereocenters. The molecule has 1 aromatic heterocycles. The predicted octanol–water partition coefficient (Wildman–Crippen LogP) is 3.84. The van der Waals surface area contributed by atoms with Gasteiger partial charge in [-0.1, -0.05) is 33.1 Å². The lowest BCUT2D eigenvalue weighted by molar-refractivity contribution is 0.0781. The van der Waals surface area contributed by atoms with Crippen LogP contribution in [0, 0.1) is 19.8 Å². The van der Waals surface area contributed by atoms with Crippen molar-refractivity contribution in [2.45, 2.75) is 65.7 Å². The molecule has 1 saturated carbocycles. The summed E-state index contributed by atoms with van der Waals surface area (Å²) in [5.74, 6) is 0.830. The summed E-state index contributed by atoms with van der Waals surface area (Å²) < 4.78 is 1.67. The fourth-order valence-corrected chi connectivity index (χ4v) is 3.23. The van der Waals surface area contributed by atoms with Gasteiger partial charge in [0.25, 0.3) is 0 Å². The Bertz CT molecular complexity index is 440. The molecule has 1 aromatic rings. The van der Waals surface area contributed by atoms with Crippen LogP contribution >= 0.6 is 0 Å². The summed E-state index contributed by atoms with van der Waals surface area (Å²) in [4.78, 5) is 12.5. The van der Waals surface area contributed by atoms with E-state index in [-0.39, 0.29) is 11.8 Å². The number of aromatic nitrogens is 2. The summed E-state index contributed by atoms with van der Waals surface area (Å²) in [6, 6.07) is 0. The van der Waals surface area contributed by atoms with Gasteiger partial charge in [0, 0.05) is 11.6 Å².